The van der Waals surface area contributed by atoms with Crippen LogP contribution in [0.15, 0.2) is 102 Å². The van der Waals surface area contributed by atoms with Crippen molar-refractivity contribution in [3.63, 3.8) is 0 Å². The van der Waals surface area contributed by atoms with Crippen LogP contribution in [-0.4, -0.2) is 99.2 Å². The van der Waals surface area contributed by atoms with Gasteiger partial charge in [0.05, 0.1) is 5.33 Å². The number of carbonyl (C=O) groups is 2. The lowest BCUT2D eigenvalue weighted by Crippen LogP contribution is -2.24. The Hall–Kier alpha value is -4.41. The zero-order chi connectivity index (χ0) is 47.4. The summed E-state index contributed by atoms with van der Waals surface area (Å²) in [4.78, 5) is 37.9. The van der Waals surface area contributed by atoms with Crippen LogP contribution in [0.5, 0.6) is 11.5 Å². The third-order valence-electron chi connectivity index (χ3n) is 10.9. The summed E-state index contributed by atoms with van der Waals surface area (Å²) in [5.74, 6) is 2.92. The fraction of sp³-hybridized carbons (Fsp3) is 0.380. The number of alkyl halides is 1. The number of carbonyl (C=O) groups excluding carboxylic acids is 2. The van der Waals surface area contributed by atoms with Gasteiger partial charge in [0.15, 0.2) is 21.2 Å². The molecular weight excluding hydrogens is 984 g/mol. The molecule has 0 saturated carbocycles. The van der Waals surface area contributed by atoms with Crippen molar-refractivity contribution < 1.29 is 19.1 Å². The molecule has 6 N–H and O–H groups in total. The van der Waals surface area contributed by atoms with Gasteiger partial charge in [0.2, 0.25) is 5.78 Å². The van der Waals surface area contributed by atoms with E-state index in [9.17, 15) is 9.59 Å². The number of aryl methyl sites for hydroxylation is 2. The van der Waals surface area contributed by atoms with Crippen molar-refractivity contribution in [1.29, 1.82) is 0 Å². The van der Waals surface area contributed by atoms with Gasteiger partial charge in [0, 0.05) is 48.7 Å². The van der Waals surface area contributed by atoms with Crippen LogP contribution >= 0.6 is 61.1 Å². The third-order valence-corrected chi connectivity index (χ3v) is 13.3. The summed E-state index contributed by atoms with van der Waals surface area (Å²) in [5, 5.41) is 8.14. The summed E-state index contributed by atoms with van der Waals surface area (Å²) in [6, 6.07) is 31.0. The minimum atomic E-state index is -0.0974. The predicted octanol–water partition coefficient (Wildman–Crippen LogP) is 10.5. The van der Waals surface area contributed by atoms with Gasteiger partial charge in [-0.3, -0.25) is 19.4 Å². The standard InChI is InChI=1S/C24H28N4O2S.C16H24N4OS2.C10H11BrO.H3P/c1-3-16-6-5-7-17(14-16)21(29)22-23(25)27-24(31-22)26-18-8-10-19(11-9-18)30-20-12-13-28(4-2)15-20;1-3-20-10-9-14(11-20)21-13-7-5-12(6-8-13)18-16(22)19-15(17)23-4-2;1-2-8-4-3-5-9(6-8)10(12)7-11;/h5-11,14,20H,3-4,12-13,15,25H2,1-2H3,(H,26,27);5-8,14H,3-4,9-11H2,1-2H3,(H3,17,18,19,22);3-6H,2,7H2,1H3;1H3. The molecule has 67 heavy (non-hydrogen) atoms. The zero-order valence-electron chi connectivity index (χ0n) is 39.3. The number of aliphatic imine (C=N–C) groups is 1. The highest BCUT2D eigenvalue weighted by molar-refractivity contribution is 9.09. The lowest BCUT2D eigenvalue weighted by molar-refractivity contribution is 0.102. The molecule has 0 amide bonds. The molecule has 3 heterocycles. The van der Waals surface area contributed by atoms with Crippen LogP contribution in [0.25, 0.3) is 0 Å². The quantitative estimate of drug-likeness (QED) is 0.0185. The van der Waals surface area contributed by atoms with Crippen molar-refractivity contribution in [1.82, 2.24) is 14.8 Å². The van der Waals surface area contributed by atoms with E-state index in [0.29, 0.717) is 31.2 Å². The van der Waals surface area contributed by atoms with E-state index in [1.807, 2.05) is 104 Å². The number of benzene rings is 4. The summed E-state index contributed by atoms with van der Waals surface area (Å²) < 4.78 is 12.1. The maximum atomic E-state index is 12.9. The van der Waals surface area contributed by atoms with Crippen molar-refractivity contribution in [2.45, 2.75) is 72.5 Å². The minimum absolute atomic E-state index is 0. The first-order valence-electron chi connectivity index (χ1n) is 22.5. The number of ketones is 2. The maximum absolute atomic E-state index is 12.9. The number of nitrogens with two attached hydrogens (primary N) is 2. The number of nitrogen functional groups attached to an aromatic ring is 1. The summed E-state index contributed by atoms with van der Waals surface area (Å²) in [5.41, 5.74) is 17.3. The highest BCUT2D eigenvalue weighted by Gasteiger charge is 2.24. The highest BCUT2D eigenvalue weighted by atomic mass is 79.9. The Bertz CT molecular complexity index is 2370. The van der Waals surface area contributed by atoms with Crippen LogP contribution in [0.2, 0.25) is 0 Å². The van der Waals surface area contributed by atoms with Gasteiger partial charge in [-0.15, -0.1) is 0 Å². The molecular formula is C50H66BrN8O4PS3. The number of hydrogen-bond donors (Lipinski definition) is 4. The number of amidine groups is 1. The van der Waals surface area contributed by atoms with Gasteiger partial charge in [0.25, 0.3) is 0 Å². The van der Waals surface area contributed by atoms with Crippen LogP contribution in [-0.2, 0) is 12.8 Å². The molecule has 1 aromatic heterocycles. The summed E-state index contributed by atoms with van der Waals surface area (Å²) >= 11 is 11.1. The number of Topliss-reactive ketones (excluding diaryl/α,β-unsaturated/α-hetero) is 1. The second kappa shape index (κ2) is 28.8. The Morgan fingerprint density at radius 1 is 0.821 bits per heavy atom. The Morgan fingerprint density at radius 3 is 1.84 bits per heavy atom. The predicted molar refractivity (Wildman–Crippen MR) is 295 cm³/mol. The van der Waals surface area contributed by atoms with E-state index in [-0.39, 0.29) is 39.5 Å². The van der Waals surface area contributed by atoms with Gasteiger partial charge in [-0.2, -0.15) is 14.9 Å². The molecule has 4 aromatic carbocycles. The van der Waals surface area contributed by atoms with E-state index >= 15 is 0 Å². The van der Waals surface area contributed by atoms with Crippen LogP contribution in [0, 0.1) is 0 Å². The number of anilines is 4. The lowest BCUT2D eigenvalue weighted by atomic mass is 10.1. The Labute approximate surface area is 422 Å². The first-order valence-corrected chi connectivity index (χ1v) is 25.9. The van der Waals surface area contributed by atoms with Crippen molar-refractivity contribution in [2.24, 2.45) is 10.7 Å². The number of ether oxygens (including phenoxy) is 2. The number of thiocarbonyl (C=S) groups is 1. The Balaban J connectivity index is 0.000000239. The summed E-state index contributed by atoms with van der Waals surface area (Å²) in [7, 11) is 0. The largest absolute Gasteiger partial charge is 0.489 e. The van der Waals surface area contributed by atoms with E-state index in [0.717, 1.165) is 105 Å². The average molecular weight is 1050 g/mol. The summed E-state index contributed by atoms with van der Waals surface area (Å²) in [6.07, 6.45) is 4.53. The molecule has 0 spiro atoms. The van der Waals surface area contributed by atoms with E-state index in [4.69, 9.17) is 33.2 Å². The van der Waals surface area contributed by atoms with Gasteiger partial charge in [-0.1, -0.05) is 110 Å². The first-order chi connectivity index (χ1) is 31.9. The van der Waals surface area contributed by atoms with Gasteiger partial charge in [-0.05, 0) is 129 Å². The smallest absolute Gasteiger partial charge is 0.206 e. The minimum Gasteiger partial charge on any atom is -0.489 e. The van der Waals surface area contributed by atoms with Crippen molar-refractivity contribution in [3.05, 3.63) is 124 Å². The second-order valence-corrected chi connectivity index (χ2v) is 18.8. The SMILES string of the molecule is CCSC(N)=NC(=S)Nc1ccc(OC2CCN(CC)C2)cc1.CCc1cccc(C(=O)CBr)c1.CCc1cccc(C(=O)c2sc(Nc3ccc(OC4CCN(CC)C4)cc3)nc2N)c1.P. The molecule has 17 heteroatoms. The molecule has 0 radical (unpaired) electrons. The van der Waals surface area contributed by atoms with Crippen LogP contribution in [0.3, 0.4) is 0 Å². The summed E-state index contributed by atoms with van der Waals surface area (Å²) in [6.45, 7) is 16.9. The molecule has 5 aromatic rings. The van der Waals surface area contributed by atoms with Crippen LogP contribution in [0.4, 0.5) is 22.3 Å². The topological polar surface area (TPSA) is 160 Å². The van der Waals surface area contributed by atoms with Crippen molar-refractivity contribution >= 4 is 105 Å². The molecule has 3 atom stereocenters. The van der Waals surface area contributed by atoms with Gasteiger partial charge in [-0.25, -0.2) is 4.98 Å². The Kier molecular flexibility index (Phi) is 23.7. The molecule has 2 fully saturated rings. The number of aromatic nitrogens is 1. The molecule has 3 unspecified atom stereocenters. The molecule has 2 aliphatic rings. The molecule has 12 nitrogen and oxygen atoms in total. The van der Waals surface area contributed by atoms with E-state index < -0.39 is 0 Å². The van der Waals surface area contributed by atoms with Crippen LogP contribution < -0.4 is 31.6 Å². The van der Waals surface area contributed by atoms with Gasteiger partial charge >= 0.3 is 0 Å². The van der Waals surface area contributed by atoms with E-state index in [2.05, 4.69) is 74.0 Å². The number of likely N-dealkylation sites (tertiary alicyclic amines) is 2. The molecule has 7 rings (SSSR count). The van der Waals surface area contributed by atoms with E-state index in [1.54, 1.807) is 0 Å². The number of hydrogen-bond acceptors (Lipinski definition) is 12. The Morgan fingerprint density at radius 2 is 1.34 bits per heavy atom. The fourth-order valence-corrected chi connectivity index (χ4v) is 9.10. The van der Waals surface area contributed by atoms with Gasteiger partial charge < -0.3 is 31.6 Å². The van der Waals surface area contributed by atoms with Crippen molar-refractivity contribution in [2.75, 3.05) is 66.7 Å². The normalized spacial score (nSPS) is 15.8. The second-order valence-electron chi connectivity index (χ2n) is 15.6. The number of thiazole rings is 1. The number of halogens is 1. The number of nitrogens with one attached hydrogen (secondary N) is 2. The first kappa shape index (κ1) is 55.2. The molecule has 360 valence electrons. The third kappa shape index (κ3) is 17.9. The average Bonchev–Trinajstić information content (AvgIpc) is 4.10. The molecule has 0 bridgehead atoms. The molecule has 2 saturated heterocycles. The maximum Gasteiger partial charge on any atom is 0.206 e. The zero-order valence-corrected chi connectivity index (χ0v) is 44.7. The highest BCUT2D eigenvalue weighted by Crippen LogP contribution is 2.31. The molecule has 0 aliphatic carbocycles. The number of likely N-dealkylation sites (N-methyl/N-ethyl adjacent to an activating group) is 2. The van der Waals surface area contributed by atoms with Crippen LogP contribution in [0.1, 0.15) is 84.2 Å². The molecule has 2 aliphatic heterocycles. The number of nitrogens with zero attached hydrogens (tertiary/aromatic N) is 4. The number of rotatable bonds is 16. The fourth-order valence-electron chi connectivity index (χ4n) is 7.19. The number of thioether (sulfide) groups is 1. The van der Waals surface area contributed by atoms with Crippen molar-refractivity contribution in [3.8, 4) is 11.5 Å². The van der Waals surface area contributed by atoms with Gasteiger partial charge in [0.1, 0.15) is 34.4 Å². The lowest BCUT2D eigenvalue weighted by Gasteiger charge is -2.15. The van der Waals surface area contributed by atoms with E-state index in [1.165, 1.54) is 28.7 Å². The monoisotopic (exact) mass is 1050 g/mol.